The van der Waals surface area contributed by atoms with Crippen LogP contribution in [0.2, 0.25) is 0 Å². The van der Waals surface area contributed by atoms with Crippen LogP contribution in [0.1, 0.15) is 28.4 Å². The van der Waals surface area contributed by atoms with E-state index in [0.29, 0.717) is 0 Å². The van der Waals surface area contributed by atoms with Crippen LogP contribution in [0.5, 0.6) is 0 Å². The molecule has 0 saturated heterocycles. The Bertz CT molecular complexity index is 1390. The number of rotatable bonds is 3. The summed E-state index contributed by atoms with van der Waals surface area (Å²) in [6, 6.07) is 23.3. The molecule has 1 aliphatic heterocycles. The number of halogens is 3. The highest BCUT2D eigenvalue weighted by Gasteiger charge is 2.36. The van der Waals surface area contributed by atoms with Gasteiger partial charge in [0, 0.05) is 31.7 Å². The number of hydrogen-bond acceptors (Lipinski definition) is 2. The third-order valence-electron chi connectivity index (χ3n) is 6.42. The van der Waals surface area contributed by atoms with Gasteiger partial charge in [-0.05, 0) is 53.6 Å². The molecule has 1 atom stereocenters. The van der Waals surface area contributed by atoms with Crippen LogP contribution < -0.4 is 10.2 Å². The van der Waals surface area contributed by atoms with Gasteiger partial charge in [0.1, 0.15) is 0 Å². The Morgan fingerprint density at radius 3 is 2.33 bits per heavy atom. The topological polar surface area (TPSA) is 40.5 Å². The van der Waals surface area contributed by atoms with E-state index in [9.17, 15) is 18.0 Å². The molecule has 0 radical (unpaired) electrons. The van der Waals surface area contributed by atoms with Gasteiger partial charge in [-0.15, -0.1) is 0 Å². The minimum absolute atomic E-state index is 0.220. The van der Waals surface area contributed by atoms with Crippen molar-refractivity contribution < 1.29 is 18.0 Å². The van der Waals surface area contributed by atoms with Crippen LogP contribution in [0.15, 0.2) is 91.1 Å². The smallest absolute Gasteiger partial charge is 0.378 e. The number of para-hydroxylation sites is 2. The van der Waals surface area contributed by atoms with Gasteiger partial charge >= 0.3 is 12.2 Å². The van der Waals surface area contributed by atoms with E-state index in [2.05, 4.69) is 5.32 Å². The molecule has 4 aromatic rings. The number of nitrogens with one attached hydrogen (secondary N) is 1. The van der Waals surface area contributed by atoms with E-state index in [-0.39, 0.29) is 12.2 Å². The standard InChI is InChI=1S/C28H25F3N4O/c1-33(2)21-15-13-19(14-16-21)26-25-12-7-17-34(25)24-11-6-3-8-20(24)18-35(26)27(36)32-23-10-5-4-9-22(23)28(29,30)31/h3-17,26H,18H2,1-2H3,(H,32,36). The Labute approximate surface area is 207 Å². The Hall–Kier alpha value is -4.20. The summed E-state index contributed by atoms with van der Waals surface area (Å²) in [6.07, 6.45) is -2.65. The third-order valence-corrected chi connectivity index (χ3v) is 6.42. The number of fused-ring (bicyclic) bond motifs is 3. The van der Waals surface area contributed by atoms with Gasteiger partial charge in [0.25, 0.3) is 0 Å². The van der Waals surface area contributed by atoms with Crippen molar-refractivity contribution in [3.63, 3.8) is 0 Å². The molecule has 0 saturated carbocycles. The molecule has 0 aliphatic carbocycles. The zero-order valence-corrected chi connectivity index (χ0v) is 19.8. The molecule has 36 heavy (non-hydrogen) atoms. The van der Waals surface area contributed by atoms with Crippen LogP contribution in [0, 0.1) is 0 Å². The van der Waals surface area contributed by atoms with Crippen molar-refractivity contribution in [2.75, 3.05) is 24.3 Å². The number of urea groups is 1. The van der Waals surface area contributed by atoms with Crippen molar-refractivity contribution in [2.24, 2.45) is 0 Å². The fraction of sp³-hybridized carbons (Fsp3) is 0.179. The second-order valence-corrected chi connectivity index (χ2v) is 8.92. The van der Waals surface area contributed by atoms with Gasteiger partial charge < -0.3 is 19.7 Å². The fourth-order valence-corrected chi connectivity index (χ4v) is 4.67. The molecule has 5 nitrogen and oxygen atoms in total. The van der Waals surface area contributed by atoms with Crippen LogP contribution in [0.25, 0.3) is 5.69 Å². The molecule has 5 rings (SSSR count). The third kappa shape index (κ3) is 4.30. The normalized spacial score (nSPS) is 15.0. The van der Waals surface area contributed by atoms with Gasteiger partial charge in [-0.3, -0.25) is 0 Å². The summed E-state index contributed by atoms with van der Waals surface area (Å²) in [7, 11) is 3.89. The molecule has 184 valence electrons. The number of carbonyl (C=O) groups is 1. The van der Waals surface area contributed by atoms with Crippen molar-refractivity contribution in [2.45, 2.75) is 18.8 Å². The van der Waals surface area contributed by atoms with Gasteiger partial charge in [-0.25, -0.2) is 4.79 Å². The number of alkyl halides is 3. The largest absolute Gasteiger partial charge is 0.418 e. The highest BCUT2D eigenvalue weighted by Crippen LogP contribution is 2.39. The maximum atomic E-state index is 13.7. The first-order valence-electron chi connectivity index (χ1n) is 11.5. The lowest BCUT2D eigenvalue weighted by Gasteiger charge is -2.31. The number of carbonyl (C=O) groups excluding carboxylic acids is 1. The first kappa shape index (κ1) is 23.5. The molecule has 1 aromatic heterocycles. The van der Waals surface area contributed by atoms with Gasteiger partial charge in [0.2, 0.25) is 0 Å². The molecular weight excluding hydrogens is 465 g/mol. The summed E-state index contributed by atoms with van der Waals surface area (Å²) in [5.74, 6) is 0. The molecule has 3 aromatic carbocycles. The summed E-state index contributed by atoms with van der Waals surface area (Å²) in [4.78, 5) is 17.3. The molecule has 1 N–H and O–H groups in total. The zero-order chi connectivity index (χ0) is 25.4. The van der Waals surface area contributed by atoms with Crippen LogP contribution in [0.3, 0.4) is 0 Å². The molecule has 0 spiro atoms. The van der Waals surface area contributed by atoms with Crippen LogP contribution >= 0.6 is 0 Å². The van der Waals surface area contributed by atoms with E-state index in [1.807, 2.05) is 90.4 Å². The summed E-state index contributed by atoms with van der Waals surface area (Å²) in [6.45, 7) is 0.220. The van der Waals surface area contributed by atoms with E-state index in [1.54, 1.807) is 4.90 Å². The predicted molar refractivity (Wildman–Crippen MR) is 134 cm³/mol. The lowest BCUT2D eigenvalue weighted by Crippen LogP contribution is -2.38. The average Bonchev–Trinajstić information content (AvgIpc) is 3.28. The molecule has 2 amide bonds. The highest BCUT2D eigenvalue weighted by atomic mass is 19.4. The second-order valence-electron chi connectivity index (χ2n) is 8.92. The molecule has 0 fully saturated rings. The summed E-state index contributed by atoms with van der Waals surface area (Å²) >= 11 is 0. The number of aromatic nitrogens is 1. The zero-order valence-electron chi connectivity index (χ0n) is 19.8. The van der Waals surface area contributed by atoms with Crippen molar-refractivity contribution in [3.8, 4) is 5.69 Å². The number of benzene rings is 3. The SMILES string of the molecule is CN(C)c1ccc(C2c3cccn3-c3ccccc3CN2C(=O)Nc2ccccc2C(F)(F)F)cc1. The summed E-state index contributed by atoms with van der Waals surface area (Å²) in [5, 5.41) is 2.55. The molecule has 8 heteroatoms. The van der Waals surface area contributed by atoms with E-state index < -0.39 is 23.8 Å². The van der Waals surface area contributed by atoms with E-state index in [1.165, 1.54) is 18.2 Å². The van der Waals surface area contributed by atoms with Gasteiger partial charge in [0.05, 0.1) is 29.5 Å². The van der Waals surface area contributed by atoms with Crippen molar-refractivity contribution in [1.82, 2.24) is 9.47 Å². The van der Waals surface area contributed by atoms with Gasteiger partial charge in [-0.2, -0.15) is 13.2 Å². The average molecular weight is 491 g/mol. The maximum Gasteiger partial charge on any atom is 0.418 e. The first-order chi connectivity index (χ1) is 17.2. The molecule has 0 bridgehead atoms. The van der Waals surface area contributed by atoms with E-state index in [0.717, 1.165) is 34.3 Å². The second kappa shape index (κ2) is 9.11. The lowest BCUT2D eigenvalue weighted by molar-refractivity contribution is -0.136. The van der Waals surface area contributed by atoms with E-state index in [4.69, 9.17) is 0 Å². The number of nitrogens with zero attached hydrogens (tertiary/aromatic N) is 3. The minimum atomic E-state index is -4.59. The number of hydrogen-bond donors (Lipinski definition) is 1. The predicted octanol–water partition coefficient (Wildman–Crippen LogP) is 6.70. The van der Waals surface area contributed by atoms with Crippen LogP contribution in [-0.2, 0) is 12.7 Å². The summed E-state index contributed by atoms with van der Waals surface area (Å²) < 4.78 is 42.9. The quantitative estimate of drug-likeness (QED) is 0.347. The minimum Gasteiger partial charge on any atom is -0.378 e. The highest BCUT2D eigenvalue weighted by molar-refractivity contribution is 5.91. The Morgan fingerprint density at radius 1 is 0.917 bits per heavy atom. The molecule has 2 heterocycles. The Kier molecular flexibility index (Phi) is 5.96. The lowest BCUT2D eigenvalue weighted by atomic mass is 10.0. The molecular formula is C28H25F3N4O. The van der Waals surface area contributed by atoms with Gasteiger partial charge in [0.15, 0.2) is 0 Å². The number of amides is 2. The van der Waals surface area contributed by atoms with Crippen LogP contribution in [-0.4, -0.2) is 29.6 Å². The maximum absolute atomic E-state index is 13.7. The Balaban J connectivity index is 1.62. The van der Waals surface area contributed by atoms with Gasteiger partial charge in [-0.1, -0.05) is 42.5 Å². The van der Waals surface area contributed by atoms with Crippen LogP contribution in [0.4, 0.5) is 29.3 Å². The van der Waals surface area contributed by atoms with E-state index >= 15 is 0 Å². The van der Waals surface area contributed by atoms with Crippen molar-refractivity contribution in [1.29, 1.82) is 0 Å². The van der Waals surface area contributed by atoms with Crippen molar-refractivity contribution in [3.05, 3.63) is 114 Å². The Morgan fingerprint density at radius 2 is 1.61 bits per heavy atom. The number of anilines is 2. The first-order valence-corrected chi connectivity index (χ1v) is 11.5. The monoisotopic (exact) mass is 490 g/mol. The molecule has 1 aliphatic rings. The van der Waals surface area contributed by atoms with Crippen molar-refractivity contribution >= 4 is 17.4 Å². The molecule has 1 unspecified atom stereocenters. The fourth-order valence-electron chi connectivity index (χ4n) is 4.67. The summed E-state index contributed by atoms with van der Waals surface area (Å²) in [5.41, 5.74) is 3.36.